The van der Waals surface area contributed by atoms with Crippen molar-refractivity contribution in [2.45, 2.75) is 18.2 Å². The lowest BCUT2D eigenvalue weighted by Crippen LogP contribution is -2.30. The maximum absolute atomic E-state index is 11.3. The molecule has 1 aromatic heterocycles. The second-order valence-corrected chi connectivity index (χ2v) is 5.48. The number of hydrogen-bond donors (Lipinski definition) is 1. The smallest absolute Gasteiger partial charge is 0.241 e. The highest BCUT2D eigenvalue weighted by molar-refractivity contribution is 9.10. The first-order chi connectivity index (χ1) is 5.50. The van der Waals surface area contributed by atoms with Crippen molar-refractivity contribution < 1.29 is 4.79 Å². The van der Waals surface area contributed by atoms with E-state index in [0.29, 0.717) is 5.00 Å². The number of aromatic nitrogens is 2. The first kappa shape index (κ1) is 9.60. The minimum absolute atomic E-state index is 0.103. The van der Waals surface area contributed by atoms with Crippen LogP contribution in [0.1, 0.15) is 13.8 Å². The molecule has 0 aromatic carbocycles. The lowest BCUT2D eigenvalue weighted by atomic mass is 10.2. The number of nitrogens with zero attached hydrogens (tertiary/aromatic N) is 2. The molecule has 1 rings (SSSR count). The summed E-state index contributed by atoms with van der Waals surface area (Å²) >= 11 is 4.39. The number of nitrogens with one attached hydrogen (secondary N) is 1. The standard InChI is InChI=1S/C6H8BrN3OS/c1-6(2,7)5(11)9-4-3-8-10-12-4/h3H,1-2H3,(H,9,11). The van der Waals surface area contributed by atoms with Crippen LogP contribution in [0.5, 0.6) is 0 Å². The van der Waals surface area contributed by atoms with Gasteiger partial charge in [0.15, 0.2) is 0 Å². The van der Waals surface area contributed by atoms with Gasteiger partial charge in [0, 0.05) is 11.5 Å². The Labute approximate surface area is 82.7 Å². The Hall–Kier alpha value is -0.490. The zero-order valence-electron chi connectivity index (χ0n) is 6.67. The summed E-state index contributed by atoms with van der Waals surface area (Å²) < 4.78 is 3.06. The van der Waals surface area contributed by atoms with E-state index in [2.05, 4.69) is 30.8 Å². The number of anilines is 1. The van der Waals surface area contributed by atoms with Crippen molar-refractivity contribution in [2.24, 2.45) is 0 Å². The van der Waals surface area contributed by atoms with E-state index in [9.17, 15) is 4.79 Å². The van der Waals surface area contributed by atoms with Gasteiger partial charge in [-0.05, 0) is 13.8 Å². The zero-order valence-corrected chi connectivity index (χ0v) is 9.07. The van der Waals surface area contributed by atoms with Crippen LogP contribution in [0.2, 0.25) is 0 Å². The van der Waals surface area contributed by atoms with Crippen LogP contribution in [0.25, 0.3) is 0 Å². The Morgan fingerprint density at radius 3 is 2.83 bits per heavy atom. The Morgan fingerprint density at radius 2 is 2.42 bits per heavy atom. The summed E-state index contributed by atoms with van der Waals surface area (Å²) in [5, 5.41) is 6.93. The number of rotatable bonds is 2. The summed E-state index contributed by atoms with van der Waals surface area (Å²) in [6, 6.07) is 0. The minimum atomic E-state index is -0.559. The van der Waals surface area contributed by atoms with Crippen molar-refractivity contribution >= 4 is 38.4 Å². The van der Waals surface area contributed by atoms with E-state index in [4.69, 9.17) is 0 Å². The van der Waals surface area contributed by atoms with E-state index < -0.39 is 4.32 Å². The molecule has 0 aliphatic heterocycles. The molecule has 0 saturated carbocycles. The van der Waals surface area contributed by atoms with Crippen LogP contribution in [0.3, 0.4) is 0 Å². The average Bonchev–Trinajstić information content (AvgIpc) is 2.37. The summed E-state index contributed by atoms with van der Waals surface area (Å²) in [6.45, 7) is 3.55. The highest BCUT2D eigenvalue weighted by Crippen LogP contribution is 2.19. The van der Waals surface area contributed by atoms with E-state index in [0.717, 1.165) is 11.5 Å². The van der Waals surface area contributed by atoms with E-state index in [1.807, 2.05) is 0 Å². The largest absolute Gasteiger partial charge is 0.314 e. The Kier molecular flexibility index (Phi) is 2.79. The molecule has 0 fully saturated rings. The second-order valence-electron chi connectivity index (χ2n) is 2.71. The lowest BCUT2D eigenvalue weighted by Gasteiger charge is -2.13. The normalized spacial score (nSPS) is 11.2. The van der Waals surface area contributed by atoms with Gasteiger partial charge >= 0.3 is 0 Å². The lowest BCUT2D eigenvalue weighted by molar-refractivity contribution is -0.117. The summed E-state index contributed by atoms with van der Waals surface area (Å²) in [6.07, 6.45) is 1.52. The monoisotopic (exact) mass is 249 g/mol. The van der Waals surface area contributed by atoms with Crippen molar-refractivity contribution in [3.8, 4) is 0 Å². The quantitative estimate of drug-likeness (QED) is 0.812. The van der Waals surface area contributed by atoms with Gasteiger partial charge < -0.3 is 5.32 Å². The molecule has 12 heavy (non-hydrogen) atoms. The third kappa shape index (κ3) is 2.53. The number of halogens is 1. The van der Waals surface area contributed by atoms with Gasteiger partial charge in [-0.2, -0.15) is 0 Å². The van der Waals surface area contributed by atoms with Gasteiger partial charge in [0.2, 0.25) is 5.91 Å². The summed E-state index contributed by atoms with van der Waals surface area (Å²) in [7, 11) is 0. The van der Waals surface area contributed by atoms with Crippen LogP contribution in [-0.4, -0.2) is 19.8 Å². The molecule has 0 bridgehead atoms. The van der Waals surface area contributed by atoms with Crippen LogP contribution in [0, 0.1) is 0 Å². The molecule has 1 amide bonds. The molecule has 0 atom stereocenters. The molecule has 6 heteroatoms. The van der Waals surface area contributed by atoms with Crippen molar-refractivity contribution in [3.63, 3.8) is 0 Å². The maximum atomic E-state index is 11.3. The molecule has 0 saturated heterocycles. The molecule has 0 spiro atoms. The van der Waals surface area contributed by atoms with Gasteiger partial charge in [-0.3, -0.25) is 4.79 Å². The predicted molar refractivity (Wildman–Crippen MR) is 51.5 cm³/mol. The van der Waals surface area contributed by atoms with Gasteiger partial charge in [-0.15, -0.1) is 5.10 Å². The van der Waals surface area contributed by atoms with Gasteiger partial charge in [-0.25, -0.2) is 0 Å². The first-order valence-electron chi connectivity index (χ1n) is 3.28. The summed E-state index contributed by atoms with van der Waals surface area (Å²) in [5.41, 5.74) is 0. The number of carbonyl (C=O) groups excluding carboxylic acids is 1. The van der Waals surface area contributed by atoms with E-state index in [1.165, 1.54) is 6.20 Å². The van der Waals surface area contributed by atoms with Crippen molar-refractivity contribution in [1.29, 1.82) is 0 Å². The molecule has 1 heterocycles. The van der Waals surface area contributed by atoms with Crippen LogP contribution < -0.4 is 5.32 Å². The van der Waals surface area contributed by atoms with E-state index in [1.54, 1.807) is 13.8 Å². The van der Waals surface area contributed by atoms with Crippen LogP contribution in [0.15, 0.2) is 6.20 Å². The first-order valence-corrected chi connectivity index (χ1v) is 4.84. The number of amides is 1. The molecule has 1 aromatic rings. The fraction of sp³-hybridized carbons (Fsp3) is 0.500. The number of carbonyl (C=O) groups is 1. The number of hydrogen-bond acceptors (Lipinski definition) is 4. The molecule has 66 valence electrons. The number of alkyl halides is 1. The van der Waals surface area contributed by atoms with E-state index >= 15 is 0 Å². The zero-order chi connectivity index (χ0) is 9.19. The topological polar surface area (TPSA) is 54.9 Å². The van der Waals surface area contributed by atoms with Crippen molar-refractivity contribution in [3.05, 3.63) is 6.20 Å². The molecule has 0 radical (unpaired) electrons. The molecule has 0 aliphatic carbocycles. The Balaban J connectivity index is 2.60. The Bertz CT molecular complexity index is 267. The van der Waals surface area contributed by atoms with Crippen molar-refractivity contribution in [2.75, 3.05) is 5.32 Å². The third-order valence-corrected chi connectivity index (χ3v) is 2.08. The van der Waals surface area contributed by atoms with Crippen LogP contribution in [-0.2, 0) is 4.79 Å². The average molecular weight is 250 g/mol. The molecule has 4 nitrogen and oxygen atoms in total. The summed E-state index contributed by atoms with van der Waals surface area (Å²) in [4.78, 5) is 11.3. The van der Waals surface area contributed by atoms with Gasteiger partial charge in [0.25, 0.3) is 0 Å². The predicted octanol–water partition coefficient (Wildman–Crippen LogP) is 1.65. The molecule has 1 N–H and O–H groups in total. The SMILES string of the molecule is CC(C)(Br)C(=O)Nc1cnns1. The minimum Gasteiger partial charge on any atom is -0.314 e. The molecular formula is C6H8BrN3OS. The van der Waals surface area contributed by atoms with Crippen LogP contribution in [0.4, 0.5) is 5.00 Å². The second kappa shape index (κ2) is 3.49. The van der Waals surface area contributed by atoms with Gasteiger partial charge in [-0.1, -0.05) is 20.4 Å². The van der Waals surface area contributed by atoms with Gasteiger partial charge in [0.1, 0.15) is 5.00 Å². The van der Waals surface area contributed by atoms with Gasteiger partial charge in [0.05, 0.1) is 10.5 Å². The van der Waals surface area contributed by atoms with E-state index in [-0.39, 0.29) is 5.91 Å². The summed E-state index contributed by atoms with van der Waals surface area (Å²) in [5.74, 6) is -0.103. The Morgan fingerprint density at radius 1 is 1.75 bits per heavy atom. The van der Waals surface area contributed by atoms with Crippen molar-refractivity contribution in [1.82, 2.24) is 9.59 Å². The van der Waals surface area contributed by atoms with Crippen LogP contribution >= 0.6 is 27.5 Å². The highest BCUT2D eigenvalue weighted by atomic mass is 79.9. The fourth-order valence-corrected chi connectivity index (χ4v) is 0.997. The molecular weight excluding hydrogens is 242 g/mol. The third-order valence-electron chi connectivity index (χ3n) is 1.14. The molecule has 0 unspecified atom stereocenters. The highest BCUT2D eigenvalue weighted by Gasteiger charge is 2.23. The maximum Gasteiger partial charge on any atom is 0.241 e. The fourth-order valence-electron chi connectivity index (χ4n) is 0.483. The molecule has 0 aliphatic rings.